The summed E-state index contributed by atoms with van der Waals surface area (Å²) in [6, 6.07) is 8.01. The monoisotopic (exact) mass is 530 g/mol. The Kier molecular flexibility index (Phi) is 10.2. The van der Waals surface area contributed by atoms with E-state index in [1.807, 2.05) is 25.1 Å². The highest BCUT2D eigenvalue weighted by Gasteiger charge is 2.17. The summed E-state index contributed by atoms with van der Waals surface area (Å²) >= 11 is 0. The van der Waals surface area contributed by atoms with E-state index in [1.165, 1.54) is 0 Å². The molecule has 2 N–H and O–H groups in total. The number of rotatable bonds is 8. The molecule has 2 aromatic rings. The Morgan fingerprint density at radius 3 is 2.73 bits per heavy atom. The molecule has 0 spiro atoms. The molecular weight excluding hydrogens is 495 g/mol. The van der Waals surface area contributed by atoms with Crippen LogP contribution in [0.1, 0.15) is 32.6 Å². The Labute approximate surface area is 196 Å². The number of halogens is 1. The molecule has 1 aliphatic rings. The van der Waals surface area contributed by atoms with Gasteiger partial charge < -0.3 is 24.5 Å². The number of aliphatic imine (C=N–C) groups is 1. The van der Waals surface area contributed by atoms with Crippen LogP contribution >= 0.6 is 24.0 Å². The fourth-order valence-corrected chi connectivity index (χ4v) is 3.57. The van der Waals surface area contributed by atoms with Crippen LogP contribution in [0.15, 0.2) is 33.7 Å². The standard InChI is InChI=1S/C22H34N4O3.HI/c1-5-28-19-8-6-7-18-13-20(29-21(18)19)17(3)25-22(23-4)24-14-16(2)15-26-9-11-27-12-10-26;/h6-8,13,16-17H,5,9-12,14-15H2,1-4H3,(H2,23,24,25);1H. The molecule has 0 saturated carbocycles. The summed E-state index contributed by atoms with van der Waals surface area (Å²) in [5.41, 5.74) is 0.792. The second kappa shape index (κ2) is 12.4. The van der Waals surface area contributed by atoms with Crippen LogP contribution < -0.4 is 15.4 Å². The number of nitrogens with zero attached hydrogens (tertiary/aromatic N) is 2. The molecule has 0 bridgehead atoms. The van der Waals surface area contributed by atoms with Gasteiger partial charge in [0.15, 0.2) is 17.3 Å². The summed E-state index contributed by atoms with van der Waals surface area (Å²) in [7, 11) is 1.79. The van der Waals surface area contributed by atoms with Crippen molar-refractivity contribution in [2.24, 2.45) is 10.9 Å². The molecule has 1 aromatic carbocycles. The van der Waals surface area contributed by atoms with Crippen molar-refractivity contribution in [2.45, 2.75) is 26.8 Å². The highest BCUT2D eigenvalue weighted by atomic mass is 127. The van der Waals surface area contributed by atoms with Crippen LogP contribution in [-0.4, -0.2) is 63.9 Å². The van der Waals surface area contributed by atoms with Crippen LogP contribution in [0.2, 0.25) is 0 Å². The zero-order valence-corrected chi connectivity index (χ0v) is 20.8. The van der Waals surface area contributed by atoms with Crippen LogP contribution in [0, 0.1) is 5.92 Å². The molecule has 3 rings (SSSR count). The van der Waals surface area contributed by atoms with Crippen molar-refractivity contribution >= 4 is 40.9 Å². The Morgan fingerprint density at radius 2 is 2.03 bits per heavy atom. The number of ether oxygens (including phenoxy) is 2. The number of benzene rings is 1. The van der Waals surface area contributed by atoms with Crippen molar-refractivity contribution in [3.63, 3.8) is 0 Å². The van der Waals surface area contributed by atoms with Crippen LogP contribution in [0.5, 0.6) is 5.75 Å². The average molecular weight is 530 g/mol. The lowest BCUT2D eigenvalue weighted by molar-refractivity contribution is 0.0320. The van der Waals surface area contributed by atoms with Crippen molar-refractivity contribution in [3.05, 3.63) is 30.0 Å². The first kappa shape index (κ1) is 24.7. The molecule has 8 heteroatoms. The number of morpholine rings is 1. The van der Waals surface area contributed by atoms with E-state index in [2.05, 4.69) is 40.4 Å². The van der Waals surface area contributed by atoms with Crippen LogP contribution in [0.25, 0.3) is 11.0 Å². The van der Waals surface area contributed by atoms with Crippen LogP contribution in [-0.2, 0) is 4.74 Å². The lowest BCUT2D eigenvalue weighted by Crippen LogP contribution is -2.44. The number of para-hydroxylation sites is 1. The molecule has 7 nitrogen and oxygen atoms in total. The summed E-state index contributed by atoms with van der Waals surface area (Å²) < 4.78 is 17.2. The second-order valence-electron chi connectivity index (χ2n) is 7.59. The minimum absolute atomic E-state index is 0. The van der Waals surface area contributed by atoms with E-state index in [9.17, 15) is 0 Å². The number of hydrogen-bond acceptors (Lipinski definition) is 5. The zero-order chi connectivity index (χ0) is 20.6. The van der Waals surface area contributed by atoms with Crippen molar-refractivity contribution in [1.29, 1.82) is 0 Å². The molecule has 0 aliphatic carbocycles. The minimum Gasteiger partial charge on any atom is -0.490 e. The summed E-state index contributed by atoms with van der Waals surface area (Å²) in [6.45, 7) is 12.5. The Morgan fingerprint density at radius 1 is 1.27 bits per heavy atom. The Balaban J connectivity index is 0.00000320. The van der Waals surface area contributed by atoms with Gasteiger partial charge in [-0.05, 0) is 31.9 Å². The maximum atomic E-state index is 6.10. The molecule has 2 unspecified atom stereocenters. The predicted molar refractivity (Wildman–Crippen MR) is 132 cm³/mol. The highest BCUT2D eigenvalue weighted by molar-refractivity contribution is 14.0. The van der Waals surface area contributed by atoms with Crippen LogP contribution in [0.3, 0.4) is 0 Å². The van der Waals surface area contributed by atoms with E-state index in [0.717, 1.165) is 67.8 Å². The van der Waals surface area contributed by atoms with Crippen molar-refractivity contribution in [3.8, 4) is 5.75 Å². The fourth-order valence-electron chi connectivity index (χ4n) is 3.57. The maximum Gasteiger partial charge on any atom is 0.191 e. The number of fused-ring (bicyclic) bond motifs is 1. The van der Waals surface area contributed by atoms with Gasteiger partial charge in [0.25, 0.3) is 0 Å². The van der Waals surface area contributed by atoms with Gasteiger partial charge in [-0.1, -0.05) is 19.1 Å². The molecule has 2 atom stereocenters. The van der Waals surface area contributed by atoms with Gasteiger partial charge in [-0.3, -0.25) is 9.89 Å². The van der Waals surface area contributed by atoms with E-state index in [0.29, 0.717) is 12.5 Å². The second-order valence-corrected chi connectivity index (χ2v) is 7.59. The molecule has 30 heavy (non-hydrogen) atoms. The van der Waals surface area contributed by atoms with E-state index in [-0.39, 0.29) is 30.0 Å². The van der Waals surface area contributed by atoms with Gasteiger partial charge in [0.05, 0.1) is 25.9 Å². The van der Waals surface area contributed by atoms with Crippen molar-refractivity contribution in [2.75, 3.05) is 53.0 Å². The largest absolute Gasteiger partial charge is 0.490 e. The van der Waals surface area contributed by atoms with Gasteiger partial charge >= 0.3 is 0 Å². The highest BCUT2D eigenvalue weighted by Crippen LogP contribution is 2.31. The molecule has 1 fully saturated rings. The summed E-state index contributed by atoms with van der Waals surface area (Å²) in [4.78, 5) is 6.83. The van der Waals surface area contributed by atoms with E-state index >= 15 is 0 Å². The molecular formula is C22H35IN4O3. The Bertz CT molecular complexity index is 805. The minimum atomic E-state index is -0.0161. The summed E-state index contributed by atoms with van der Waals surface area (Å²) in [5, 5.41) is 7.91. The average Bonchev–Trinajstić information content (AvgIpc) is 3.17. The van der Waals surface area contributed by atoms with E-state index < -0.39 is 0 Å². The summed E-state index contributed by atoms with van der Waals surface area (Å²) in [5.74, 6) is 2.93. The van der Waals surface area contributed by atoms with Crippen molar-refractivity contribution < 1.29 is 13.9 Å². The van der Waals surface area contributed by atoms with E-state index in [1.54, 1.807) is 7.05 Å². The molecule has 2 heterocycles. The zero-order valence-electron chi connectivity index (χ0n) is 18.4. The van der Waals surface area contributed by atoms with Gasteiger partial charge in [0, 0.05) is 38.6 Å². The fraction of sp³-hybridized carbons (Fsp3) is 0.591. The molecule has 1 aliphatic heterocycles. The van der Waals surface area contributed by atoms with Gasteiger partial charge in [0.1, 0.15) is 5.76 Å². The lowest BCUT2D eigenvalue weighted by Gasteiger charge is -2.29. The number of nitrogens with one attached hydrogen (secondary N) is 2. The summed E-state index contributed by atoms with van der Waals surface area (Å²) in [6.07, 6.45) is 0. The number of guanidine groups is 1. The van der Waals surface area contributed by atoms with E-state index in [4.69, 9.17) is 13.9 Å². The van der Waals surface area contributed by atoms with Gasteiger partial charge in [-0.15, -0.1) is 24.0 Å². The predicted octanol–water partition coefficient (Wildman–Crippen LogP) is 3.64. The smallest absolute Gasteiger partial charge is 0.191 e. The number of hydrogen-bond donors (Lipinski definition) is 2. The van der Waals surface area contributed by atoms with Gasteiger partial charge in [0.2, 0.25) is 0 Å². The van der Waals surface area contributed by atoms with Crippen molar-refractivity contribution in [1.82, 2.24) is 15.5 Å². The normalized spacial score (nSPS) is 17.3. The molecule has 168 valence electrons. The molecule has 1 aromatic heterocycles. The third-order valence-electron chi connectivity index (χ3n) is 5.12. The number of furan rings is 1. The molecule has 1 saturated heterocycles. The topological polar surface area (TPSA) is 71.3 Å². The van der Waals surface area contributed by atoms with Gasteiger partial charge in [-0.2, -0.15) is 0 Å². The van der Waals surface area contributed by atoms with Crippen LogP contribution in [0.4, 0.5) is 0 Å². The molecule has 0 amide bonds. The SMILES string of the molecule is CCOc1cccc2cc(C(C)NC(=NC)NCC(C)CN3CCOCC3)oc12.I. The lowest BCUT2D eigenvalue weighted by atomic mass is 10.1. The Hall–Kier alpha value is -1.52. The van der Waals surface area contributed by atoms with Gasteiger partial charge in [-0.25, -0.2) is 0 Å². The first-order valence-corrected chi connectivity index (χ1v) is 10.5. The molecule has 0 radical (unpaired) electrons. The third-order valence-corrected chi connectivity index (χ3v) is 5.12. The first-order valence-electron chi connectivity index (χ1n) is 10.5. The quantitative estimate of drug-likeness (QED) is 0.309. The third kappa shape index (κ3) is 6.75. The first-order chi connectivity index (χ1) is 14.1. The maximum absolute atomic E-state index is 6.10.